The minimum Gasteiger partial charge on any atom is -0.317 e. The molecule has 2 rings (SSSR count). The van der Waals surface area contributed by atoms with E-state index in [4.69, 9.17) is 0 Å². The summed E-state index contributed by atoms with van der Waals surface area (Å²) in [5, 5.41) is 3.27. The molecule has 5 heteroatoms. The maximum absolute atomic E-state index is 10.8. The standard InChI is InChI=1S/C7H11N3OS.C2H6/c11-7-9-6(10-12-7)5-1-3-8-4-2-5;1-2/h5,8H,1-4H2,(H,9,10,11);1-2H3. The first-order chi connectivity index (χ1) is 6.86. The highest BCUT2D eigenvalue weighted by Gasteiger charge is 2.17. The molecule has 1 aromatic rings. The molecule has 0 unspecified atom stereocenters. The van der Waals surface area contributed by atoms with Gasteiger partial charge in [-0.25, -0.2) is 0 Å². The van der Waals surface area contributed by atoms with Gasteiger partial charge in [0, 0.05) is 17.5 Å². The van der Waals surface area contributed by atoms with Crippen LogP contribution in [-0.2, 0) is 0 Å². The Morgan fingerprint density at radius 3 is 2.50 bits per heavy atom. The van der Waals surface area contributed by atoms with Crippen LogP contribution in [0.3, 0.4) is 0 Å². The highest BCUT2D eigenvalue weighted by atomic mass is 32.1. The first-order valence-electron chi connectivity index (χ1n) is 5.13. The first-order valence-corrected chi connectivity index (χ1v) is 5.90. The lowest BCUT2D eigenvalue weighted by Crippen LogP contribution is -2.27. The molecular formula is C9H17N3OS. The monoisotopic (exact) mass is 215 g/mol. The smallest absolute Gasteiger partial charge is 0.317 e. The van der Waals surface area contributed by atoms with Gasteiger partial charge in [0.15, 0.2) is 0 Å². The van der Waals surface area contributed by atoms with E-state index in [2.05, 4.69) is 14.7 Å². The van der Waals surface area contributed by atoms with Crippen LogP contribution in [0.2, 0.25) is 0 Å². The van der Waals surface area contributed by atoms with Crippen molar-refractivity contribution >= 4 is 11.5 Å². The van der Waals surface area contributed by atoms with Gasteiger partial charge < -0.3 is 5.32 Å². The summed E-state index contributed by atoms with van der Waals surface area (Å²) in [7, 11) is 0. The van der Waals surface area contributed by atoms with Crippen LogP contribution in [0.1, 0.15) is 38.4 Å². The molecule has 2 N–H and O–H groups in total. The Bertz CT molecular complexity index is 301. The fraction of sp³-hybridized carbons (Fsp3) is 0.778. The molecule has 1 aromatic heterocycles. The van der Waals surface area contributed by atoms with Crippen LogP contribution < -0.4 is 10.2 Å². The number of nitrogens with zero attached hydrogens (tertiary/aromatic N) is 1. The summed E-state index contributed by atoms with van der Waals surface area (Å²) in [5.74, 6) is 1.34. The molecule has 0 aromatic carbocycles. The van der Waals surface area contributed by atoms with E-state index in [1.165, 1.54) is 0 Å². The molecule has 0 amide bonds. The molecule has 1 aliphatic heterocycles. The number of aromatic amines is 1. The van der Waals surface area contributed by atoms with Crippen LogP contribution in [0.25, 0.3) is 0 Å². The third-order valence-corrected chi connectivity index (χ3v) is 2.74. The summed E-state index contributed by atoms with van der Waals surface area (Å²) in [6, 6.07) is 0. The highest BCUT2D eigenvalue weighted by molar-refractivity contribution is 7.02. The van der Waals surface area contributed by atoms with Crippen molar-refractivity contribution in [3.63, 3.8) is 0 Å². The van der Waals surface area contributed by atoms with E-state index in [1.807, 2.05) is 13.8 Å². The van der Waals surface area contributed by atoms with Gasteiger partial charge in [-0.3, -0.25) is 9.78 Å². The van der Waals surface area contributed by atoms with Gasteiger partial charge in [0.25, 0.3) is 0 Å². The number of piperidine rings is 1. The summed E-state index contributed by atoms with van der Waals surface area (Å²) in [5.41, 5.74) is 0. The van der Waals surface area contributed by atoms with E-state index in [1.54, 1.807) is 0 Å². The minimum absolute atomic E-state index is 0.0384. The largest absolute Gasteiger partial charge is 0.323 e. The Labute approximate surface area is 87.9 Å². The Hall–Kier alpha value is -0.680. The number of hydrogen-bond donors (Lipinski definition) is 2. The van der Waals surface area contributed by atoms with E-state index < -0.39 is 0 Å². The van der Waals surface area contributed by atoms with Crippen molar-refractivity contribution in [1.29, 1.82) is 0 Å². The molecule has 2 heterocycles. The molecule has 1 fully saturated rings. The SMILES string of the molecule is CC.O=c1[nH]c(C2CCNCC2)ns1. The molecular weight excluding hydrogens is 198 g/mol. The van der Waals surface area contributed by atoms with E-state index in [9.17, 15) is 4.79 Å². The average molecular weight is 215 g/mol. The van der Waals surface area contributed by atoms with Gasteiger partial charge >= 0.3 is 4.87 Å². The number of aromatic nitrogens is 2. The van der Waals surface area contributed by atoms with Crippen molar-refractivity contribution in [1.82, 2.24) is 14.7 Å². The average Bonchev–Trinajstić information content (AvgIpc) is 2.69. The number of H-pyrrole nitrogens is 1. The first kappa shape index (κ1) is 11.4. The van der Waals surface area contributed by atoms with Crippen LogP contribution >= 0.6 is 11.5 Å². The van der Waals surface area contributed by atoms with E-state index in [0.717, 1.165) is 43.3 Å². The second kappa shape index (κ2) is 5.93. The number of nitrogens with one attached hydrogen (secondary N) is 2. The van der Waals surface area contributed by atoms with Crippen molar-refractivity contribution in [3.8, 4) is 0 Å². The molecule has 0 atom stereocenters. The fourth-order valence-electron chi connectivity index (χ4n) is 1.51. The molecule has 0 saturated carbocycles. The lowest BCUT2D eigenvalue weighted by Gasteiger charge is -2.19. The molecule has 0 spiro atoms. The zero-order valence-electron chi connectivity index (χ0n) is 8.67. The predicted octanol–water partition coefficient (Wildman–Crippen LogP) is 1.32. The lowest BCUT2D eigenvalue weighted by atomic mass is 9.98. The van der Waals surface area contributed by atoms with Crippen molar-refractivity contribution in [2.24, 2.45) is 0 Å². The van der Waals surface area contributed by atoms with Crippen molar-refractivity contribution in [2.45, 2.75) is 32.6 Å². The summed E-state index contributed by atoms with van der Waals surface area (Å²) in [4.78, 5) is 13.5. The topological polar surface area (TPSA) is 57.8 Å². The van der Waals surface area contributed by atoms with Crippen molar-refractivity contribution in [2.75, 3.05) is 13.1 Å². The molecule has 4 nitrogen and oxygen atoms in total. The molecule has 0 bridgehead atoms. The predicted molar refractivity (Wildman–Crippen MR) is 58.9 cm³/mol. The third-order valence-electron chi connectivity index (χ3n) is 2.18. The summed E-state index contributed by atoms with van der Waals surface area (Å²) < 4.78 is 4.09. The number of rotatable bonds is 1. The third kappa shape index (κ3) is 2.92. The quantitative estimate of drug-likeness (QED) is 0.743. The Kier molecular flexibility index (Phi) is 4.82. The molecule has 1 saturated heterocycles. The second-order valence-corrected chi connectivity index (χ2v) is 3.74. The molecule has 0 radical (unpaired) electrons. The van der Waals surface area contributed by atoms with Crippen LogP contribution in [-0.4, -0.2) is 22.4 Å². The van der Waals surface area contributed by atoms with E-state index >= 15 is 0 Å². The van der Waals surface area contributed by atoms with Gasteiger partial charge in [0.05, 0.1) is 0 Å². The van der Waals surface area contributed by atoms with Gasteiger partial charge in [-0.15, -0.1) is 0 Å². The molecule has 14 heavy (non-hydrogen) atoms. The van der Waals surface area contributed by atoms with Crippen LogP contribution in [0, 0.1) is 0 Å². The zero-order valence-corrected chi connectivity index (χ0v) is 9.49. The van der Waals surface area contributed by atoms with E-state index in [0.29, 0.717) is 5.92 Å². The Morgan fingerprint density at radius 2 is 2.00 bits per heavy atom. The molecule has 80 valence electrons. The van der Waals surface area contributed by atoms with Gasteiger partial charge in [-0.1, -0.05) is 13.8 Å². The fourth-order valence-corrected chi connectivity index (χ4v) is 2.04. The molecule has 0 aliphatic carbocycles. The van der Waals surface area contributed by atoms with Crippen molar-refractivity contribution in [3.05, 3.63) is 15.5 Å². The Balaban J connectivity index is 0.000000461. The molecule has 1 aliphatic rings. The second-order valence-electron chi connectivity index (χ2n) is 3.00. The minimum atomic E-state index is -0.0384. The summed E-state index contributed by atoms with van der Waals surface area (Å²) >= 11 is 1.02. The Morgan fingerprint density at radius 1 is 1.36 bits per heavy atom. The number of hydrogen-bond acceptors (Lipinski definition) is 4. The maximum Gasteiger partial charge on any atom is 0.323 e. The van der Waals surface area contributed by atoms with Gasteiger partial charge in [0.1, 0.15) is 5.82 Å². The highest BCUT2D eigenvalue weighted by Crippen LogP contribution is 2.20. The lowest BCUT2D eigenvalue weighted by molar-refractivity contribution is 0.447. The zero-order chi connectivity index (χ0) is 10.4. The van der Waals surface area contributed by atoms with Gasteiger partial charge in [-0.05, 0) is 25.9 Å². The van der Waals surface area contributed by atoms with Crippen LogP contribution in [0.15, 0.2) is 4.79 Å². The van der Waals surface area contributed by atoms with Gasteiger partial charge in [-0.2, -0.15) is 4.37 Å². The van der Waals surface area contributed by atoms with Crippen LogP contribution in [0.5, 0.6) is 0 Å². The van der Waals surface area contributed by atoms with Crippen LogP contribution in [0.4, 0.5) is 0 Å². The maximum atomic E-state index is 10.8. The van der Waals surface area contributed by atoms with Gasteiger partial charge in [0.2, 0.25) is 0 Å². The summed E-state index contributed by atoms with van der Waals surface area (Å²) in [6.07, 6.45) is 2.17. The summed E-state index contributed by atoms with van der Waals surface area (Å²) in [6.45, 7) is 6.06. The van der Waals surface area contributed by atoms with Crippen molar-refractivity contribution < 1.29 is 0 Å². The normalized spacial score (nSPS) is 17.3. The van der Waals surface area contributed by atoms with E-state index in [-0.39, 0.29) is 4.87 Å².